The molecule has 0 unspecified atom stereocenters. The first-order valence-electron chi connectivity index (χ1n) is 6.69. The number of anilines is 1. The van der Waals surface area contributed by atoms with Crippen LogP contribution in [0.5, 0.6) is 0 Å². The fourth-order valence-electron chi connectivity index (χ4n) is 2.46. The van der Waals surface area contributed by atoms with Crippen LogP contribution < -0.4 is 10.6 Å². The number of aryl methyl sites for hydroxylation is 1. The Morgan fingerprint density at radius 2 is 2.06 bits per heavy atom. The first-order valence-corrected chi connectivity index (χ1v) is 6.69. The summed E-state index contributed by atoms with van der Waals surface area (Å²) in [6.07, 6.45) is 6.85. The van der Waals surface area contributed by atoms with Gasteiger partial charge in [-0.2, -0.15) is 0 Å². The van der Waals surface area contributed by atoms with Crippen molar-refractivity contribution in [2.45, 2.75) is 45.6 Å². The molecule has 0 spiro atoms. The molecule has 94 valence electrons. The number of hydrogen-bond donors (Lipinski definition) is 1. The van der Waals surface area contributed by atoms with Gasteiger partial charge < -0.3 is 10.6 Å². The fraction of sp³-hybridized carbons (Fsp3) is 0.643. The van der Waals surface area contributed by atoms with Crippen LogP contribution in [-0.2, 0) is 0 Å². The van der Waals surface area contributed by atoms with Crippen LogP contribution >= 0.6 is 0 Å². The Bertz CT molecular complexity index is 370. The molecule has 0 radical (unpaired) electrons. The molecule has 1 aliphatic heterocycles. The van der Waals surface area contributed by atoms with E-state index in [1.54, 1.807) is 0 Å². The molecular formula is C14H23N3. The molecular weight excluding hydrogens is 210 g/mol. The van der Waals surface area contributed by atoms with Gasteiger partial charge in [0, 0.05) is 25.3 Å². The number of pyridine rings is 1. The Hall–Kier alpha value is -1.09. The van der Waals surface area contributed by atoms with Crippen molar-refractivity contribution in [3.05, 3.63) is 23.4 Å². The summed E-state index contributed by atoms with van der Waals surface area (Å²) in [5, 5.41) is 0. The van der Waals surface area contributed by atoms with E-state index in [0.29, 0.717) is 0 Å². The highest BCUT2D eigenvalue weighted by Gasteiger charge is 2.15. The Morgan fingerprint density at radius 1 is 1.35 bits per heavy atom. The maximum Gasteiger partial charge on any atom is 0.131 e. The van der Waals surface area contributed by atoms with Crippen molar-refractivity contribution in [3.8, 4) is 0 Å². The monoisotopic (exact) mass is 233 g/mol. The number of aromatic nitrogens is 1. The Kier molecular flexibility index (Phi) is 4.00. The fourth-order valence-corrected chi connectivity index (χ4v) is 2.46. The van der Waals surface area contributed by atoms with E-state index >= 15 is 0 Å². The predicted molar refractivity (Wildman–Crippen MR) is 72.3 cm³/mol. The number of piperidine rings is 1. The minimum atomic E-state index is 0.122. The number of rotatable bonds is 3. The van der Waals surface area contributed by atoms with E-state index in [-0.39, 0.29) is 6.04 Å². The van der Waals surface area contributed by atoms with E-state index < -0.39 is 0 Å². The Labute approximate surface area is 104 Å². The molecule has 3 nitrogen and oxygen atoms in total. The zero-order valence-electron chi connectivity index (χ0n) is 10.9. The molecule has 0 amide bonds. The van der Waals surface area contributed by atoms with Gasteiger partial charge in [-0.3, -0.25) is 0 Å². The minimum Gasteiger partial charge on any atom is -0.356 e. The van der Waals surface area contributed by atoms with Crippen LogP contribution in [0.2, 0.25) is 0 Å². The van der Waals surface area contributed by atoms with Crippen molar-refractivity contribution in [1.29, 1.82) is 0 Å². The zero-order valence-corrected chi connectivity index (χ0v) is 10.9. The Balaban J connectivity index is 2.18. The molecule has 1 aromatic heterocycles. The average molecular weight is 233 g/mol. The van der Waals surface area contributed by atoms with Gasteiger partial charge in [-0.1, -0.05) is 6.92 Å². The lowest BCUT2D eigenvalue weighted by Gasteiger charge is -2.29. The van der Waals surface area contributed by atoms with E-state index in [1.165, 1.54) is 24.8 Å². The number of nitrogens with two attached hydrogens (primary N) is 1. The SMILES string of the molecule is CC[C@H](N)c1cnc(N2CCCCC2)c(C)c1. The van der Waals surface area contributed by atoms with Gasteiger partial charge in [0.15, 0.2) is 0 Å². The van der Waals surface area contributed by atoms with Crippen molar-refractivity contribution in [2.24, 2.45) is 5.73 Å². The van der Waals surface area contributed by atoms with Crippen molar-refractivity contribution >= 4 is 5.82 Å². The molecule has 1 fully saturated rings. The molecule has 0 bridgehead atoms. The van der Waals surface area contributed by atoms with Gasteiger partial charge in [-0.25, -0.2) is 4.98 Å². The molecule has 0 saturated carbocycles. The molecule has 1 aromatic rings. The van der Waals surface area contributed by atoms with Crippen LogP contribution in [0.4, 0.5) is 5.82 Å². The van der Waals surface area contributed by atoms with Crippen LogP contribution in [0.15, 0.2) is 12.3 Å². The molecule has 1 saturated heterocycles. The first-order chi connectivity index (χ1) is 8.22. The standard InChI is InChI=1S/C14H23N3/c1-3-13(15)12-9-11(2)14(16-10-12)17-7-5-4-6-8-17/h9-10,13H,3-8,15H2,1-2H3/t13-/m0/s1. The predicted octanol–water partition coefficient (Wildman–Crippen LogP) is 2.79. The second-order valence-electron chi connectivity index (χ2n) is 4.97. The van der Waals surface area contributed by atoms with Gasteiger partial charge in [-0.15, -0.1) is 0 Å². The van der Waals surface area contributed by atoms with Gasteiger partial charge in [0.25, 0.3) is 0 Å². The summed E-state index contributed by atoms with van der Waals surface area (Å²) in [5.74, 6) is 1.15. The zero-order chi connectivity index (χ0) is 12.3. The van der Waals surface area contributed by atoms with Gasteiger partial charge >= 0.3 is 0 Å². The third-order valence-electron chi connectivity index (χ3n) is 3.60. The summed E-state index contributed by atoms with van der Waals surface area (Å²) in [7, 11) is 0. The summed E-state index contributed by atoms with van der Waals surface area (Å²) in [6, 6.07) is 2.32. The second kappa shape index (κ2) is 5.50. The lowest BCUT2D eigenvalue weighted by Crippen LogP contribution is -2.30. The summed E-state index contributed by atoms with van der Waals surface area (Å²) in [5.41, 5.74) is 8.45. The molecule has 0 aromatic carbocycles. The number of nitrogens with zero attached hydrogens (tertiary/aromatic N) is 2. The molecule has 1 aliphatic rings. The summed E-state index contributed by atoms with van der Waals surface area (Å²) in [4.78, 5) is 7.02. The third-order valence-corrected chi connectivity index (χ3v) is 3.60. The van der Waals surface area contributed by atoms with Crippen molar-refractivity contribution in [3.63, 3.8) is 0 Å². The van der Waals surface area contributed by atoms with E-state index in [4.69, 9.17) is 5.73 Å². The van der Waals surface area contributed by atoms with E-state index in [9.17, 15) is 0 Å². The Morgan fingerprint density at radius 3 is 2.65 bits per heavy atom. The smallest absolute Gasteiger partial charge is 0.131 e. The van der Waals surface area contributed by atoms with Crippen LogP contribution in [0, 0.1) is 6.92 Å². The van der Waals surface area contributed by atoms with Gasteiger partial charge in [0.2, 0.25) is 0 Å². The van der Waals surface area contributed by atoms with Gasteiger partial charge in [0.05, 0.1) is 0 Å². The molecule has 17 heavy (non-hydrogen) atoms. The molecule has 1 atom stereocenters. The second-order valence-corrected chi connectivity index (χ2v) is 4.97. The summed E-state index contributed by atoms with van der Waals surface area (Å²) in [6.45, 7) is 6.54. The van der Waals surface area contributed by atoms with E-state index in [1.807, 2.05) is 6.20 Å². The maximum absolute atomic E-state index is 6.04. The van der Waals surface area contributed by atoms with Crippen molar-refractivity contribution in [2.75, 3.05) is 18.0 Å². The highest BCUT2D eigenvalue weighted by Crippen LogP contribution is 2.24. The van der Waals surface area contributed by atoms with Crippen LogP contribution in [0.25, 0.3) is 0 Å². The topological polar surface area (TPSA) is 42.1 Å². The van der Waals surface area contributed by atoms with Crippen LogP contribution in [0.1, 0.15) is 49.8 Å². The molecule has 2 N–H and O–H groups in total. The highest BCUT2D eigenvalue weighted by molar-refractivity contribution is 5.48. The number of hydrogen-bond acceptors (Lipinski definition) is 3. The normalized spacial score (nSPS) is 18.2. The van der Waals surface area contributed by atoms with E-state index in [2.05, 4.69) is 29.8 Å². The largest absolute Gasteiger partial charge is 0.356 e. The maximum atomic E-state index is 6.04. The third kappa shape index (κ3) is 2.78. The highest BCUT2D eigenvalue weighted by atomic mass is 15.2. The van der Waals surface area contributed by atoms with Crippen molar-refractivity contribution in [1.82, 2.24) is 4.98 Å². The van der Waals surface area contributed by atoms with Crippen molar-refractivity contribution < 1.29 is 0 Å². The lowest BCUT2D eigenvalue weighted by atomic mass is 10.0. The first kappa shape index (κ1) is 12.4. The summed E-state index contributed by atoms with van der Waals surface area (Å²) < 4.78 is 0. The average Bonchev–Trinajstić information content (AvgIpc) is 2.38. The van der Waals surface area contributed by atoms with E-state index in [0.717, 1.165) is 30.9 Å². The molecule has 3 heteroatoms. The molecule has 2 rings (SSSR count). The molecule has 2 heterocycles. The van der Waals surface area contributed by atoms with Gasteiger partial charge in [-0.05, 0) is 49.8 Å². The molecule has 0 aliphatic carbocycles. The van der Waals surface area contributed by atoms with Crippen LogP contribution in [-0.4, -0.2) is 18.1 Å². The quantitative estimate of drug-likeness (QED) is 0.873. The minimum absolute atomic E-state index is 0.122. The summed E-state index contributed by atoms with van der Waals surface area (Å²) >= 11 is 0. The van der Waals surface area contributed by atoms with Gasteiger partial charge in [0.1, 0.15) is 5.82 Å². The lowest BCUT2D eigenvalue weighted by molar-refractivity contribution is 0.572. The van der Waals surface area contributed by atoms with Crippen LogP contribution in [0.3, 0.4) is 0 Å².